The van der Waals surface area contributed by atoms with E-state index in [0.29, 0.717) is 17.9 Å². The topological polar surface area (TPSA) is 26.3 Å². The summed E-state index contributed by atoms with van der Waals surface area (Å²) in [5.74, 6) is -0.0138. The van der Waals surface area contributed by atoms with Gasteiger partial charge in [0.2, 0.25) is 0 Å². The third kappa shape index (κ3) is 14.4. The molecule has 0 aromatic heterocycles. The molecule has 0 amide bonds. The van der Waals surface area contributed by atoms with Crippen molar-refractivity contribution in [3.8, 4) is 0 Å². The Balaban J connectivity index is 3.18. The standard InChI is InChI=1S/C17H33BrO2/c1-3-5-9-14-17(19)20-15-11-8-6-7-10-13-16(18)12-4-2/h16H,3-15H2,1-2H3. The first kappa shape index (κ1) is 19.9. The summed E-state index contributed by atoms with van der Waals surface area (Å²) >= 11 is 3.72. The minimum absolute atomic E-state index is 0.0138. The molecule has 0 aliphatic carbocycles. The average Bonchev–Trinajstić information content (AvgIpc) is 2.42. The molecule has 0 fully saturated rings. The van der Waals surface area contributed by atoms with Crippen molar-refractivity contribution in [1.82, 2.24) is 0 Å². The largest absolute Gasteiger partial charge is 0.466 e. The van der Waals surface area contributed by atoms with Crippen LogP contribution in [0, 0.1) is 0 Å². The number of carbonyl (C=O) groups excluding carboxylic acids is 1. The van der Waals surface area contributed by atoms with Crippen LogP contribution in [-0.2, 0) is 9.53 Å². The van der Waals surface area contributed by atoms with E-state index in [1.165, 1.54) is 44.9 Å². The van der Waals surface area contributed by atoms with Crippen LogP contribution in [0.3, 0.4) is 0 Å². The lowest BCUT2D eigenvalue weighted by Gasteiger charge is -2.08. The van der Waals surface area contributed by atoms with Crippen molar-refractivity contribution in [1.29, 1.82) is 0 Å². The second kappa shape index (κ2) is 15.3. The summed E-state index contributed by atoms with van der Waals surface area (Å²) in [5, 5.41) is 0. The van der Waals surface area contributed by atoms with Gasteiger partial charge in [-0.15, -0.1) is 0 Å². The maximum Gasteiger partial charge on any atom is 0.305 e. The normalized spacial score (nSPS) is 12.3. The molecule has 0 aromatic carbocycles. The zero-order valence-electron chi connectivity index (χ0n) is 13.5. The first-order valence-electron chi connectivity index (χ1n) is 8.50. The van der Waals surface area contributed by atoms with E-state index in [9.17, 15) is 4.79 Å². The summed E-state index contributed by atoms with van der Waals surface area (Å²) in [4.78, 5) is 12.1. The van der Waals surface area contributed by atoms with E-state index < -0.39 is 0 Å². The summed E-state index contributed by atoms with van der Waals surface area (Å²) < 4.78 is 5.22. The monoisotopic (exact) mass is 348 g/mol. The number of rotatable bonds is 14. The summed E-state index contributed by atoms with van der Waals surface area (Å²) in [6.07, 6.45) is 13.8. The first-order chi connectivity index (χ1) is 9.70. The Kier molecular flexibility index (Phi) is 15.3. The van der Waals surface area contributed by atoms with Gasteiger partial charge in [-0.25, -0.2) is 0 Å². The molecule has 0 radical (unpaired) electrons. The van der Waals surface area contributed by atoms with E-state index in [-0.39, 0.29) is 5.97 Å². The van der Waals surface area contributed by atoms with Crippen LogP contribution >= 0.6 is 15.9 Å². The van der Waals surface area contributed by atoms with Gasteiger partial charge < -0.3 is 4.74 Å². The Morgan fingerprint density at radius 3 is 2.30 bits per heavy atom. The van der Waals surface area contributed by atoms with Crippen LogP contribution in [0.4, 0.5) is 0 Å². The summed E-state index contributed by atoms with van der Waals surface area (Å²) in [6.45, 7) is 4.99. The molecule has 0 spiro atoms. The van der Waals surface area contributed by atoms with Crippen LogP contribution in [0.25, 0.3) is 0 Å². The van der Waals surface area contributed by atoms with Crippen molar-refractivity contribution in [3.05, 3.63) is 0 Å². The molecule has 120 valence electrons. The van der Waals surface area contributed by atoms with Gasteiger partial charge in [0.1, 0.15) is 0 Å². The Morgan fingerprint density at radius 2 is 1.60 bits per heavy atom. The Labute approximate surface area is 134 Å². The van der Waals surface area contributed by atoms with Gasteiger partial charge in [0.05, 0.1) is 6.61 Å². The summed E-state index contributed by atoms with van der Waals surface area (Å²) in [6, 6.07) is 0. The Morgan fingerprint density at radius 1 is 0.900 bits per heavy atom. The second-order valence-corrected chi connectivity index (χ2v) is 6.91. The predicted molar refractivity (Wildman–Crippen MR) is 90.4 cm³/mol. The van der Waals surface area contributed by atoms with Crippen molar-refractivity contribution in [2.45, 2.75) is 95.7 Å². The zero-order chi connectivity index (χ0) is 15.1. The molecule has 1 atom stereocenters. The van der Waals surface area contributed by atoms with Crippen molar-refractivity contribution >= 4 is 21.9 Å². The molecule has 0 bridgehead atoms. The molecular weight excluding hydrogens is 316 g/mol. The number of hydrogen-bond acceptors (Lipinski definition) is 2. The molecule has 0 aliphatic heterocycles. The summed E-state index contributed by atoms with van der Waals surface area (Å²) in [5.41, 5.74) is 0. The SMILES string of the molecule is CCCCCC(=O)OCCCCCCCC(Br)CCC. The fourth-order valence-corrected chi connectivity index (χ4v) is 3.01. The van der Waals surface area contributed by atoms with Crippen LogP contribution in [0.5, 0.6) is 0 Å². The van der Waals surface area contributed by atoms with Crippen molar-refractivity contribution in [3.63, 3.8) is 0 Å². The lowest BCUT2D eigenvalue weighted by molar-refractivity contribution is -0.143. The van der Waals surface area contributed by atoms with Crippen LogP contribution in [0.2, 0.25) is 0 Å². The minimum Gasteiger partial charge on any atom is -0.466 e. The van der Waals surface area contributed by atoms with Crippen LogP contribution in [-0.4, -0.2) is 17.4 Å². The third-order valence-electron chi connectivity index (χ3n) is 3.51. The van der Waals surface area contributed by atoms with E-state index in [1.807, 2.05) is 0 Å². The van der Waals surface area contributed by atoms with Gasteiger partial charge in [-0.3, -0.25) is 4.79 Å². The van der Waals surface area contributed by atoms with Crippen molar-refractivity contribution < 1.29 is 9.53 Å². The van der Waals surface area contributed by atoms with Crippen LogP contribution in [0.1, 0.15) is 90.9 Å². The minimum atomic E-state index is -0.0138. The maximum atomic E-state index is 11.4. The fourth-order valence-electron chi connectivity index (χ4n) is 2.23. The van der Waals surface area contributed by atoms with Gasteiger partial charge in [-0.2, -0.15) is 0 Å². The lowest BCUT2D eigenvalue weighted by atomic mass is 10.1. The molecule has 0 aliphatic rings. The van der Waals surface area contributed by atoms with E-state index in [2.05, 4.69) is 29.8 Å². The van der Waals surface area contributed by atoms with Crippen LogP contribution in [0.15, 0.2) is 0 Å². The molecule has 3 heteroatoms. The summed E-state index contributed by atoms with van der Waals surface area (Å²) in [7, 11) is 0. The number of unbranched alkanes of at least 4 members (excludes halogenated alkanes) is 6. The van der Waals surface area contributed by atoms with Gasteiger partial charge in [0.15, 0.2) is 0 Å². The van der Waals surface area contributed by atoms with E-state index >= 15 is 0 Å². The van der Waals surface area contributed by atoms with Crippen molar-refractivity contribution in [2.24, 2.45) is 0 Å². The van der Waals surface area contributed by atoms with Gasteiger partial charge in [0, 0.05) is 11.2 Å². The van der Waals surface area contributed by atoms with E-state index in [0.717, 1.165) is 25.7 Å². The van der Waals surface area contributed by atoms with Gasteiger partial charge in [-0.1, -0.05) is 74.7 Å². The number of hydrogen-bond donors (Lipinski definition) is 0. The van der Waals surface area contributed by atoms with Crippen LogP contribution < -0.4 is 0 Å². The molecule has 1 unspecified atom stereocenters. The highest BCUT2D eigenvalue weighted by molar-refractivity contribution is 9.09. The van der Waals surface area contributed by atoms with Crippen molar-refractivity contribution in [2.75, 3.05) is 6.61 Å². The average molecular weight is 349 g/mol. The predicted octanol–water partition coefficient (Wildman–Crippen LogP) is 6.01. The van der Waals surface area contributed by atoms with Gasteiger partial charge >= 0.3 is 5.97 Å². The Bertz CT molecular complexity index is 219. The Hall–Kier alpha value is -0.0500. The highest BCUT2D eigenvalue weighted by Crippen LogP contribution is 2.16. The van der Waals surface area contributed by atoms with E-state index in [1.54, 1.807) is 0 Å². The fraction of sp³-hybridized carbons (Fsp3) is 0.941. The molecule has 0 rings (SSSR count). The molecule has 0 heterocycles. The molecule has 0 saturated carbocycles. The smallest absolute Gasteiger partial charge is 0.305 e. The molecule has 0 N–H and O–H groups in total. The quantitative estimate of drug-likeness (QED) is 0.218. The molecule has 20 heavy (non-hydrogen) atoms. The molecule has 0 aromatic rings. The highest BCUT2D eigenvalue weighted by atomic mass is 79.9. The number of carbonyl (C=O) groups is 1. The molecule has 2 nitrogen and oxygen atoms in total. The number of ether oxygens (including phenoxy) is 1. The third-order valence-corrected chi connectivity index (χ3v) is 4.43. The lowest BCUT2D eigenvalue weighted by Crippen LogP contribution is -2.05. The van der Waals surface area contributed by atoms with E-state index in [4.69, 9.17) is 4.74 Å². The number of halogens is 1. The maximum absolute atomic E-state index is 11.4. The second-order valence-electron chi connectivity index (χ2n) is 5.62. The molecular formula is C17H33BrO2. The highest BCUT2D eigenvalue weighted by Gasteiger charge is 2.03. The molecule has 0 saturated heterocycles. The van der Waals surface area contributed by atoms with Gasteiger partial charge in [-0.05, 0) is 25.7 Å². The number of alkyl halides is 1. The van der Waals surface area contributed by atoms with Gasteiger partial charge in [0.25, 0.3) is 0 Å². The number of esters is 1. The first-order valence-corrected chi connectivity index (χ1v) is 9.42. The zero-order valence-corrected chi connectivity index (χ0v) is 15.1.